The Bertz CT molecular complexity index is 688. The number of aryl methyl sites for hydroxylation is 1. The second kappa shape index (κ2) is 5.66. The largest absolute Gasteiger partial charge is 0.320 e. The van der Waals surface area contributed by atoms with E-state index in [1.165, 1.54) is 18.3 Å². The van der Waals surface area contributed by atoms with Crippen molar-refractivity contribution in [3.63, 3.8) is 0 Å². The summed E-state index contributed by atoms with van der Waals surface area (Å²) in [5, 5.41) is 13.5. The highest BCUT2D eigenvalue weighted by atomic mass is 35.5. The van der Waals surface area contributed by atoms with E-state index in [9.17, 15) is 14.9 Å². The molecule has 1 heterocycles. The summed E-state index contributed by atoms with van der Waals surface area (Å²) in [4.78, 5) is 26.2. The van der Waals surface area contributed by atoms with Gasteiger partial charge < -0.3 is 5.32 Å². The van der Waals surface area contributed by atoms with Crippen LogP contribution in [-0.4, -0.2) is 15.8 Å². The first kappa shape index (κ1) is 14.0. The van der Waals surface area contributed by atoms with Crippen LogP contribution in [0.15, 0.2) is 36.7 Å². The van der Waals surface area contributed by atoms with Gasteiger partial charge in [0.05, 0.1) is 27.4 Å². The van der Waals surface area contributed by atoms with E-state index in [0.29, 0.717) is 5.69 Å². The quantitative estimate of drug-likeness (QED) is 0.695. The van der Waals surface area contributed by atoms with Gasteiger partial charge >= 0.3 is 0 Å². The van der Waals surface area contributed by atoms with Gasteiger partial charge in [0.2, 0.25) is 0 Å². The van der Waals surface area contributed by atoms with Crippen LogP contribution < -0.4 is 5.32 Å². The van der Waals surface area contributed by atoms with Gasteiger partial charge in [0.15, 0.2) is 0 Å². The van der Waals surface area contributed by atoms with Gasteiger partial charge in [-0.25, -0.2) is 0 Å². The molecule has 0 aliphatic carbocycles. The third-order valence-electron chi connectivity index (χ3n) is 2.69. The summed E-state index contributed by atoms with van der Waals surface area (Å²) in [7, 11) is 0. The smallest absolute Gasteiger partial charge is 0.270 e. The van der Waals surface area contributed by atoms with E-state index in [1.807, 2.05) is 6.92 Å². The van der Waals surface area contributed by atoms with Crippen LogP contribution in [0, 0.1) is 17.0 Å². The number of nitro benzene ring substituents is 1. The van der Waals surface area contributed by atoms with Crippen LogP contribution >= 0.6 is 11.6 Å². The number of nitrogens with zero attached hydrogens (tertiary/aromatic N) is 2. The van der Waals surface area contributed by atoms with Crippen molar-refractivity contribution in [2.75, 3.05) is 5.32 Å². The number of amides is 1. The van der Waals surface area contributed by atoms with Crippen molar-refractivity contribution in [2.45, 2.75) is 6.92 Å². The molecule has 0 radical (unpaired) electrons. The summed E-state index contributed by atoms with van der Waals surface area (Å²) in [5.74, 6) is -0.519. The number of rotatable bonds is 3. The molecular formula is C13H10ClN3O3. The SMILES string of the molecule is Cc1ccncc1NC(=O)c1cc([N+](=O)[O-])ccc1Cl. The highest BCUT2D eigenvalue weighted by molar-refractivity contribution is 6.34. The van der Waals surface area contributed by atoms with E-state index in [2.05, 4.69) is 10.3 Å². The molecule has 20 heavy (non-hydrogen) atoms. The number of aromatic nitrogens is 1. The number of anilines is 1. The van der Waals surface area contributed by atoms with Gasteiger partial charge in [0, 0.05) is 18.3 Å². The van der Waals surface area contributed by atoms with Gasteiger partial charge in [0.1, 0.15) is 0 Å². The van der Waals surface area contributed by atoms with Crippen molar-refractivity contribution < 1.29 is 9.72 Å². The first-order chi connectivity index (χ1) is 9.49. The molecule has 0 atom stereocenters. The summed E-state index contributed by atoms with van der Waals surface area (Å²) in [6, 6.07) is 5.45. The van der Waals surface area contributed by atoms with Crippen LogP contribution in [0.4, 0.5) is 11.4 Å². The number of hydrogen-bond donors (Lipinski definition) is 1. The van der Waals surface area contributed by atoms with Gasteiger partial charge in [-0.3, -0.25) is 19.9 Å². The molecule has 2 rings (SSSR count). The lowest BCUT2D eigenvalue weighted by Crippen LogP contribution is -2.13. The van der Waals surface area contributed by atoms with Gasteiger partial charge in [-0.2, -0.15) is 0 Å². The molecule has 7 heteroatoms. The summed E-state index contributed by atoms with van der Waals surface area (Å²) in [5.41, 5.74) is 1.21. The number of carbonyl (C=O) groups excluding carboxylic acids is 1. The number of hydrogen-bond acceptors (Lipinski definition) is 4. The predicted molar refractivity (Wildman–Crippen MR) is 75.0 cm³/mol. The first-order valence-corrected chi connectivity index (χ1v) is 6.02. The fourth-order valence-electron chi connectivity index (χ4n) is 1.59. The lowest BCUT2D eigenvalue weighted by atomic mass is 10.1. The van der Waals surface area contributed by atoms with Crippen molar-refractivity contribution in [2.24, 2.45) is 0 Å². The van der Waals surface area contributed by atoms with E-state index in [4.69, 9.17) is 11.6 Å². The summed E-state index contributed by atoms with van der Waals surface area (Å²) in [6.07, 6.45) is 3.10. The number of halogens is 1. The van der Waals surface area contributed by atoms with Crippen LogP contribution in [0.5, 0.6) is 0 Å². The Morgan fingerprint density at radius 1 is 1.40 bits per heavy atom. The predicted octanol–water partition coefficient (Wildman–Crippen LogP) is 3.20. The topological polar surface area (TPSA) is 85.1 Å². The van der Waals surface area contributed by atoms with Crippen LogP contribution in [0.3, 0.4) is 0 Å². The first-order valence-electron chi connectivity index (χ1n) is 5.65. The molecule has 1 aromatic heterocycles. The fourth-order valence-corrected chi connectivity index (χ4v) is 1.79. The lowest BCUT2D eigenvalue weighted by molar-refractivity contribution is -0.384. The van der Waals surface area contributed by atoms with E-state index in [0.717, 1.165) is 11.6 Å². The molecule has 0 spiro atoms. The zero-order valence-corrected chi connectivity index (χ0v) is 11.2. The second-order valence-corrected chi connectivity index (χ2v) is 4.47. The molecular weight excluding hydrogens is 282 g/mol. The Kier molecular flexibility index (Phi) is 3.95. The maximum Gasteiger partial charge on any atom is 0.270 e. The lowest BCUT2D eigenvalue weighted by Gasteiger charge is -2.08. The number of nitro groups is 1. The zero-order valence-electron chi connectivity index (χ0n) is 10.5. The van der Waals surface area contributed by atoms with Crippen molar-refractivity contribution in [1.29, 1.82) is 0 Å². The minimum atomic E-state index is -0.581. The molecule has 0 bridgehead atoms. The monoisotopic (exact) mass is 291 g/mol. The molecule has 102 valence electrons. The number of pyridine rings is 1. The van der Waals surface area contributed by atoms with Crippen LogP contribution in [0.2, 0.25) is 5.02 Å². The van der Waals surface area contributed by atoms with Crippen molar-refractivity contribution in [1.82, 2.24) is 4.98 Å². The Labute approximate surface area is 119 Å². The fraction of sp³-hybridized carbons (Fsp3) is 0.0769. The Morgan fingerprint density at radius 2 is 2.15 bits per heavy atom. The molecule has 0 saturated carbocycles. The van der Waals surface area contributed by atoms with Gasteiger partial charge in [-0.05, 0) is 24.6 Å². The Hall–Kier alpha value is -2.47. The summed E-state index contributed by atoms with van der Waals surface area (Å²) >= 11 is 5.90. The summed E-state index contributed by atoms with van der Waals surface area (Å²) in [6.45, 7) is 1.81. The standard InChI is InChI=1S/C13H10ClN3O3/c1-8-4-5-15-7-12(8)16-13(18)10-6-9(17(19)20)2-3-11(10)14/h2-7H,1H3,(H,16,18). The molecule has 0 aliphatic rings. The molecule has 1 N–H and O–H groups in total. The van der Waals surface area contributed by atoms with E-state index >= 15 is 0 Å². The average Bonchev–Trinajstić information content (AvgIpc) is 2.41. The number of nitrogens with one attached hydrogen (secondary N) is 1. The van der Waals surface area contributed by atoms with Crippen LogP contribution in [0.1, 0.15) is 15.9 Å². The molecule has 2 aromatic rings. The molecule has 0 saturated heterocycles. The van der Waals surface area contributed by atoms with Gasteiger partial charge in [-0.15, -0.1) is 0 Å². The van der Waals surface area contributed by atoms with E-state index < -0.39 is 10.8 Å². The van der Waals surface area contributed by atoms with Gasteiger partial charge in [-0.1, -0.05) is 11.6 Å². The normalized spacial score (nSPS) is 10.1. The maximum absolute atomic E-state index is 12.1. The van der Waals surface area contributed by atoms with Gasteiger partial charge in [0.25, 0.3) is 11.6 Å². The van der Waals surface area contributed by atoms with Crippen molar-refractivity contribution >= 4 is 28.9 Å². The van der Waals surface area contributed by atoms with E-state index in [1.54, 1.807) is 12.3 Å². The van der Waals surface area contributed by atoms with Crippen molar-refractivity contribution in [3.05, 3.63) is 62.9 Å². The molecule has 6 nitrogen and oxygen atoms in total. The maximum atomic E-state index is 12.1. The molecule has 0 aliphatic heterocycles. The Balaban J connectivity index is 2.32. The molecule has 1 amide bonds. The third kappa shape index (κ3) is 2.92. The average molecular weight is 292 g/mol. The zero-order chi connectivity index (χ0) is 14.7. The molecule has 0 fully saturated rings. The Morgan fingerprint density at radius 3 is 2.80 bits per heavy atom. The number of non-ortho nitro benzene ring substituents is 1. The van der Waals surface area contributed by atoms with E-state index in [-0.39, 0.29) is 16.3 Å². The minimum absolute atomic E-state index is 0.0455. The third-order valence-corrected chi connectivity index (χ3v) is 3.02. The highest BCUT2D eigenvalue weighted by Crippen LogP contribution is 2.23. The number of benzene rings is 1. The minimum Gasteiger partial charge on any atom is -0.320 e. The highest BCUT2D eigenvalue weighted by Gasteiger charge is 2.16. The van der Waals surface area contributed by atoms with Crippen LogP contribution in [-0.2, 0) is 0 Å². The molecule has 1 aromatic carbocycles. The molecule has 0 unspecified atom stereocenters. The van der Waals surface area contributed by atoms with Crippen LogP contribution in [0.25, 0.3) is 0 Å². The summed E-state index contributed by atoms with van der Waals surface area (Å²) < 4.78 is 0. The van der Waals surface area contributed by atoms with Crippen molar-refractivity contribution in [3.8, 4) is 0 Å². The number of carbonyl (C=O) groups is 1. The second-order valence-electron chi connectivity index (χ2n) is 4.07.